The van der Waals surface area contributed by atoms with Gasteiger partial charge in [0.05, 0.1) is 19.8 Å². The van der Waals surface area contributed by atoms with E-state index in [4.69, 9.17) is 9.47 Å². The van der Waals surface area contributed by atoms with Crippen molar-refractivity contribution < 1.29 is 14.3 Å². The van der Waals surface area contributed by atoms with E-state index in [9.17, 15) is 4.79 Å². The van der Waals surface area contributed by atoms with Crippen molar-refractivity contribution in [3.63, 3.8) is 0 Å². The summed E-state index contributed by atoms with van der Waals surface area (Å²) in [4.78, 5) is 14.4. The van der Waals surface area contributed by atoms with E-state index in [-0.39, 0.29) is 11.4 Å². The maximum absolute atomic E-state index is 11.8. The topological polar surface area (TPSA) is 38.8 Å². The Morgan fingerprint density at radius 2 is 1.96 bits per heavy atom. The summed E-state index contributed by atoms with van der Waals surface area (Å²) >= 11 is 0. The number of esters is 1. The van der Waals surface area contributed by atoms with Crippen LogP contribution < -0.4 is 4.74 Å². The van der Waals surface area contributed by atoms with E-state index in [2.05, 4.69) is 41.8 Å². The van der Waals surface area contributed by atoms with Gasteiger partial charge < -0.3 is 14.4 Å². The van der Waals surface area contributed by atoms with E-state index < -0.39 is 0 Å². The molecule has 0 amide bonds. The van der Waals surface area contributed by atoms with Crippen molar-refractivity contribution in [2.45, 2.75) is 24.7 Å². The van der Waals surface area contributed by atoms with Gasteiger partial charge in [0.1, 0.15) is 5.75 Å². The zero-order valence-electron chi connectivity index (χ0n) is 16.8. The van der Waals surface area contributed by atoms with Crippen molar-refractivity contribution in [2.75, 3.05) is 33.9 Å². The Balaban J connectivity index is 2.03. The van der Waals surface area contributed by atoms with Gasteiger partial charge in [-0.25, -0.2) is 4.79 Å². The lowest BCUT2D eigenvalue weighted by Gasteiger charge is -2.44. The van der Waals surface area contributed by atoms with Gasteiger partial charge in [0.25, 0.3) is 0 Å². The van der Waals surface area contributed by atoms with Crippen LogP contribution >= 0.6 is 0 Å². The molecular formula is C24H29NO3. The average molecular weight is 380 g/mol. The molecule has 1 heterocycles. The lowest BCUT2D eigenvalue weighted by Crippen LogP contribution is -2.47. The lowest BCUT2D eigenvalue weighted by molar-refractivity contribution is 0.0600. The van der Waals surface area contributed by atoms with E-state index in [0.717, 1.165) is 44.6 Å². The summed E-state index contributed by atoms with van der Waals surface area (Å²) in [6.07, 6.45) is 5.14. The van der Waals surface area contributed by atoms with Crippen molar-refractivity contribution in [3.8, 4) is 5.75 Å². The first-order valence-corrected chi connectivity index (χ1v) is 9.79. The molecule has 0 saturated carbocycles. The predicted molar refractivity (Wildman–Crippen MR) is 112 cm³/mol. The molecule has 0 spiro atoms. The highest BCUT2D eigenvalue weighted by molar-refractivity contribution is 5.89. The molecule has 4 heteroatoms. The van der Waals surface area contributed by atoms with Crippen LogP contribution in [0.25, 0.3) is 0 Å². The molecule has 4 nitrogen and oxygen atoms in total. The first-order chi connectivity index (χ1) is 13.6. The molecule has 0 N–H and O–H groups in total. The van der Waals surface area contributed by atoms with Crippen LogP contribution in [0.5, 0.6) is 5.75 Å². The van der Waals surface area contributed by atoms with Crippen LogP contribution in [0, 0.1) is 0 Å². The van der Waals surface area contributed by atoms with E-state index in [1.165, 1.54) is 18.2 Å². The van der Waals surface area contributed by atoms with E-state index in [1.54, 1.807) is 7.11 Å². The highest BCUT2D eigenvalue weighted by Gasteiger charge is 2.38. The Kier molecular flexibility index (Phi) is 6.53. The summed E-state index contributed by atoms with van der Waals surface area (Å²) in [6.45, 7) is 6.91. The Bertz CT molecular complexity index is 815. The van der Waals surface area contributed by atoms with Gasteiger partial charge >= 0.3 is 5.97 Å². The number of carbonyl (C=O) groups excluding carboxylic acids is 1. The Labute approximate surface area is 167 Å². The number of rotatable bonds is 7. The van der Waals surface area contributed by atoms with Gasteiger partial charge in [0.2, 0.25) is 0 Å². The maximum atomic E-state index is 11.8. The monoisotopic (exact) mass is 379 g/mol. The van der Waals surface area contributed by atoms with Gasteiger partial charge in [-0.05, 0) is 61.2 Å². The van der Waals surface area contributed by atoms with Crippen molar-refractivity contribution in [1.82, 2.24) is 4.90 Å². The molecule has 148 valence electrons. The van der Waals surface area contributed by atoms with Crippen LogP contribution in [-0.2, 0) is 10.2 Å². The average Bonchev–Trinajstić information content (AvgIpc) is 2.77. The molecule has 1 aliphatic heterocycles. The molecule has 1 aliphatic rings. The van der Waals surface area contributed by atoms with Crippen LogP contribution in [0.2, 0.25) is 0 Å². The third-order valence-electron chi connectivity index (χ3n) is 5.70. The first kappa shape index (κ1) is 20.2. The van der Waals surface area contributed by atoms with Crippen LogP contribution in [0.4, 0.5) is 0 Å². The molecule has 2 aromatic carbocycles. The number of carbonyl (C=O) groups is 1. The molecule has 0 radical (unpaired) electrons. The SMILES string of the molecule is C=CCCN1CCCC(c2ccc(C(=O)OC)cc2)(c2cccc(OC)c2)C1. The van der Waals surface area contributed by atoms with Crippen molar-refractivity contribution in [3.05, 3.63) is 77.9 Å². The number of benzene rings is 2. The number of methoxy groups -OCH3 is 2. The molecule has 0 aromatic heterocycles. The van der Waals surface area contributed by atoms with Crippen molar-refractivity contribution >= 4 is 5.97 Å². The second-order valence-corrected chi connectivity index (χ2v) is 7.34. The van der Waals surface area contributed by atoms with Crippen molar-refractivity contribution in [2.24, 2.45) is 0 Å². The summed E-state index contributed by atoms with van der Waals surface area (Å²) in [5, 5.41) is 0. The highest BCUT2D eigenvalue weighted by atomic mass is 16.5. The van der Waals surface area contributed by atoms with Gasteiger partial charge in [-0.1, -0.05) is 30.3 Å². The fourth-order valence-electron chi connectivity index (χ4n) is 4.21. The smallest absolute Gasteiger partial charge is 0.337 e. The molecular weight excluding hydrogens is 350 g/mol. The number of likely N-dealkylation sites (tertiary alicyclic amines) is 1. The minimum absolute atomic E-state index is 0.136. The van der Waals surface area contributed by atoms with Gasteiger partial charge in [-0.2, -0.15) is 0 Å². The normalized spacial score (nSPS) is 19.8. The molecule has 3 rings (SSSR count). The summed E-state index contributed by atoms with van der Waals surface area (Å²) < 4.78 is 10.3. The second-order valence-electron chi connectivity index (χ2n) is 7.34. The van der Waals surface area contributed by atoms with Gasteiger partial charge in [-0.3, -0.25) is 0 Å². The highest BCUT2D eigenvalue weighted by Crippen LogP contribution is 2.41. The fourth-order valence-corrected chi connectivity index (χ4v) is 4.21. The summed E-state index contributed by atoms with van der Waals surface area (Å²) in [7, 11) is 3.11. The third-order valence-corrected chi connectivity index (χ3v) is 5.70. The molecule has 1 atom stereocenters. The fraction of sp³-hybridized carbons (Fsp3) is 0.375. The molecule has 1 unspecified atom stereocenters. The Morgan fingerprint density at radius 3 is 2.64 bits per heavy atom. The van der Waals surface area contributed by atoms with Gasteiger partial charge in [0, 0.05) is 18.5 Å². The molecule has 1 saturated heterocycles. The van der Waals surface area contributed by atoms with E-state index >= 15 is 0 Å². The van der Waals surface area contributed by atoms with Crippen LogP contribution in [0.3, 0.4) is 0 Å². The van der Waals surface area contributed by atoms with Gasteiger partial charge in [-0.15, -0.1) is 6.58 Å². The summed E-state index contributed by atoms with van der Waals surface area (Å²) in [5.74, 6) is 0.560. The maximum Gasteiger partial charge on any atom is 0.337 e. The van der Waals surface area contributed by atoms with Crippen LogP contribution in [-0.4, -0.2) is 44.7 Å². The van der Waals surface area contributed by atoms with Gasteiger partial charge in [0.15, 0.2) is 0 Å². The molecule has 0 bridgehead atoms. The number of piperidine rings is 1. The third kappa shape index (κ3) is 4.12. The molecule has 1 fully saturated rings. The number of ether oxygens (including phenoxy) is 2. The standard InChI is InChI=1S/C24H29NO3/c1-4-5-15-25-16-7-14-24(18-25,21-8-6-9-22(17-21)27-2)20-12-10-19(11-13-20)23(26)28-3/h4,6,8-13,17H,1,5,7,14-16,18H2,2-3H3. The zero-order chi connectivity index (χ0) is 20.0. The number of nitrogens with zero attached hydrogens (tertiary/aromatic N) is 1. The largest absolute Gasteiger partial charge is 0.497 e. The van der Waals surface area contributed by atoms with Crippen LogP contribution in [0.15, 0.2) is 61.2 Å². The van der Waals surface area contributed by atoms with E-state index in [1.807, 2.05) is 24.3 Å². The molecule has 28 heavy (non-hydrogen) atoms. The Hall–Kier alpha value is -2.59. The molecule has 0 aliphatic carbocycles. The Morgan fingerprint density at radius 1 is 1.18 bits per heavy atom. The zero-order valence-corrected chi connectivity index (χ0v) is 16.8. The summed E-state index contributed by atoms with van der Waals surface area (Å²) in [6, 6.07) is 16.2. The number of hydrogen-bond donors (Lipinski definition) is 0. The lowest BCUT2D eigenvalue weighted by atomic mass is 9.69. The van der Waals surface area contributed by atoms with E-state index in [0.29, 0.717) is 5.56 Å². The minimum Gasteiger partial charge on any atom is -0.497 e. The quantitative estimate of drug-likeness (QED) is 0.527. The number of hydrogen-bond acceptors (Lipinski definition) is 4. The summed E-state index contributed by atoms with van der Waals surface area (Å²) in [5.41, 5.74) is 2.91. The molecule has 2 aromatic rings. The second kappa shape index (κ2) is 9.07. The minimum atomic E-state index is -0.307. The van der Waals surface area contributed by atoms with Crippen LogP contribution in [0.1, 0.15) is 40.7 Å². The first-order valence-electron chi connectivity index (χ1n) is 9.79. The van der Waals surface area contributed by atoms with Crippen molar-refractivity contribution in [1.29, 1.82) is 0 Å². The predicted octanol–water partition coefficient (Wildman–Crippen LogP) is 4.44.